The summed E-state index contributed by atoms with van der Waals surface area (Å²) in [6.45, 7) is 10.6. The van der Waals surface area contributed by atoms with Gasteiger partial charge in [0, 0.05) is 41.9 Å². The summed E-state index contributed by atoms with van der Waals surface area (Å²) in [5.74, 6) is 0.777. The van der Waals surface area contributed by atoms with Gasteiger partial charge in [-0.15, -0.1) is 11.8 Å². The largest absolute Gasteiger partial charge is 0.311 e. The smallest absolute Gasteiger partial charge is 0.0263 e. The van der Waals surface area contributed by atoms with Crippen molar-refractivity contribution in [2.45, 2.75) is 55.8 Å². The van der Waals surface area contributed by atoms with Crippen LogP contribution in [0.2, 0.25) is 0 Å². The van der Waals surface area contributed by atoms with E-state index in [2.05, 4.69) is 67.0 Å². The Kier molecular flexibility index (Phi) is 4.92. The highest BCUT2D eigenvalue weighted by molar-refractivity contribution is 8.00. The second-order valence-electron chi connectivity index (χ2n) is 6.77. The lowest BCUT2D eigenvalue weighted by atomic mass is 9.94. The van der Waals surface area contributed by atoms with Crippen molar-refractivity contribution in [1.82, 2.24) is 10.2 Å². The molecule has 3 rings (SSSR count). The lowest BCUT2D eigenvalue weighted by molar-refractivity contribution is 0.0964. The van der Waals surface area contributed by atoms with E-state index >= 15 is 0 Å². The van der Waals surface area contributed by atoms with Crippen molar-refractivity contribution < 1.29 is 0 Å². The molecule has 1 aromatic rings. The van der Waals surface area contributed by atoms with Crippen molar-refractivity contribution in [3.05, 3.63) is 29.8 Å². The molecule has 3 heteroatoms. The summed E-state index contributed by atoms with van der Waals surface area (Å²) >= 11 is 2.09. The second-order valence-corrected chi connectivity index (χ2v) is 8.11. The van der Waals surface area contributed by atoms with Crippen LogP contribution in [0.15, 0.2) is 29.2 Å². The van der Waals surface area contributed by atoms with Crippen molar-refractivity contribution in [2.24, 2.45) is 5.92 Å². The molecule has 1 aromatic carbocycles. The number of benzene rings is 1. The highest BCUT2D eigenvalue weighted by atomic mass is 32.2. The molecule has 0 radical (unpaired) electrons. The summed E-state index contributed by atoms with van der Waals surface area (Å²) in [5, 5.41) is 4.41. The molecule has 21 heavy (non-hydrogen) atoms. The summed E-state index contributed by atoms with van der Waals surface area (Å²) < 4.78 is 0. The standard InChI is InChI=1S/C18H28N2S/c1-4-13(2)17-10-19-14(3)11-20(17)12-16-9-15-7-5-6-8-18(15)21-16/h5-8,13-14,16-17,19H,4,9-12H2,1-3H3. The van der Waals surface area contributed by atoms with Crippen molar-refractivity contribution >= 4 is 11.8 Å². The fraction of sp³-hybridized carbons (Fsp3) is 0.667. The predicted molar refractivity (Wildman–Crippen MR) is 92.1 cm³/mol. The van der Waals surface area contributed by atoms with E-state index in [1.54, 1.807) is 5.56 Å². The van der Waals surface area contributed by atoms with Crippen LogP contribution in [0.1, 0.15) is 32.8 Å². The van der Waals surface area contributed by atoms with Crippen molar-refractivity contribution in [1.29, 1.82) is 0 Å². The first kappa shape index (κ1) is 15.4. The SMILES string of the molecule is CCC(C)C1CNC(C)CN1CC1Cc2ccccc2S1. The maximum atomic E-state index is 3.67. The van der Waals surface area contributed by atoms with Crippen LogP contribution in [-0.2, 0) is 6.42 Å². The Hall–Kier alpha value is -0.510. The first-order chi connectivity index (χ1) is 10.2. The van der Waals surface area contributed by atoms with Gasteiger partial charge in [-0.1, -0.05) is 38.5 Å². The Labute approximate surface area is 133 Å². The van der Waals surface area contributed by atoms with E-state index in [0.29, 0.717) is 12.1 Å². The number of piperazine rings is 1. The number of thioether (sulfide) groups is 1. The van der Waals surface area contributed by atoms with Gasteiger partial charge in [-0.25, -0.2) is 0 Å². The minimum atomic E-state index is 0.624. The molecule has 1 fully saturated rings. The molecule has 1 saturated heterocycles. The summed E-state index contributed by atoms with van der Waals surface area (Å²) in [6, 6.07) is 10.3. The third-order valence-corrected chi connectivity index (χ3v) is 6.41. The van der Waals surface area contributed by atoms with Gasteiger partial charge in [0.2, 0.25) is 0 Å². The van der Waals surface area contributed by atoms with Crippen LogP contribution in [0.3, 0.4) is 0 Å². The van der Waals surface area contributed by atoms with Crippen LogP contribution in [0.5, 0.6) is 0 Å². The summed E-state index contributed by atoms with van der Waals surface area (Å²) in [4.78, 5) is 4.27. The Morgan fingerprint density at radius 2 is 2.19 bits per heavy atom. The first-order valence-electron chi connectivity index (χ1n) is 8.39. The number of nitrogens with zero attached hydrogens (tertiary/aromatic N) is 1. The highest BCUT2D eigenvalue weighted by Crippen LogP contribution is 2.37. The number of hydrogen-bond acceptors (Lipinski definition) is 3. The van der Waals surface area contributed by atoms with Crippen LogP contribution in [-0.4, -0.2) is 41.9 Å². The zero-order valence-corrected chi connectivity index (χ0v) is 14.3. The monoisotopic (exact) mass is 304 g/mol. The minimum absolute atomic E-state index is 0.624. The van der Waals surface area contributed by atoms with Crippen molar-refractivity contribution in [3.8, 4) is 0 Å². The molecular formula is C18H28N2S. The van der Waals surface area contributed by atoms with Crippen LogP contribution < -0.4 is 5.32 Å². The average Bonchev–Trinajstić information content (AvgIpc) is 2.89. The summed E-state index contributed by atoms with van der Waals surface area (Å²) in [7, 11) is 0. The van der Waals surface area contributed by atoms with Gasteiger partial charge in [0.25, 0.3) is 0 Å². The quantitative estimate of drug-likeness (QED) is 0.917. The Bertz CT molecular complexity index is 451. The maximum absolute atomic E-state index is 3.67. The minimum Gasteiger partial charge on any atom is -0.311 e. The molecule has 4 unspecified atom stereocenters. The fourth-order valence-electron chi connectivity index (χ4n) is 3.66. The van der Waals surface area contributed by atoms with Crippen LogP contribution in [0, 0.1) is 5.92 Å². The lowest BCUT2D eigenvalue weighted by Gasteiger charge is -2.43. The maximum Gasteiger partial charge on any atom is 0.0263 e. The van der Waals surface area contributed by atoms with E-state index in [4.69, 9.17) is 0 Å². The van der Waals surface area contributed by atoms with Gasteiger partial charge in [-0.05, 0) is 30.9 Å². The Morgan fingerprint density at radius 1 is 1.38 bits per heavy atom. The van der Waals surface area contributed by atoms with Crippen molar-refractivity contribution in [3.63, 3.8) is 0 Å². The molecule has 2 nitrogen and oxygen atoms in total. The van der Waals surface area contributed by atoms with Gasteiger partial charge >= 0.3 is 0 Å². The van der Waals surface area contributed by atoms with Crippen molar-refractivity contribution in [2.75, 3.05) is 19.6 Å². The van der Waals surface area contributed by atoms with Gasteiger partial charge in [0.1, 0.15) is 0 Å². The summed E-state index contributed by atoms with van der Waals surface area (Å²) in [6.07, 6.45) is 2.52. The van der Waals surface area contributed by atoms with E-state index in [1.807, 2.05) is 0 Å². The van der Waals surface area contributed by atoms with E-state index in [9.17, 15) is 0 Å². The summed E-state index contributed by atoms with van der Waals surface area (Å²) in [5.41, 5.74) is 1.55. The predicted octanol–water partition coefficient (Wildman–Crippen LogP) is 3.41. The molecule has 0 amide bonds. The molecule has 2 aliphatic heterocycles. The molecule has 0 aromatic heterocycles. The van der Waals surface area contributed by atoms with Gasteiger partial charge in [0.15, 0.2) is 0 Å². The third kappa shape index (κ3) is 3.46. The van der Waals surface area contributed by atoms with Gasteiger partial charge in [-0.2, -0.15) is 0 Å². The zero-order valence-electron chi connectivity index (χ0n) is 13.5. The van der Waals surface area contributed by atoms with Crippen LogP contribution in [0.4, 0.5) is 0 Å². The average molecular weight is 305 g/mol. The highest BCUT2D eigenvalue weighted by Gasteiger charge is 2.32. The number of hydrogen-bond donors (Lipinski definition) is 1. The molecule has 0 bridgehead atoms. The Balaban J connectivity index is 1.65. The zero-order chi connectivity index (χ0) is 14.8. The molecule has 2 heterocycles. The second kappa shape index (κ2) is 6.72. The molecule has 4 atom stereocenters. The van der Waals surface area contributed by atoms with Gasteiger partial charge in [0.05, 0.1) is 0 Å². The topological polar surface area (TPSA) is 15.3 Å². The van der Waals surface area contributed by atoms with E-state index in [-0.39, 0.29) is 0 Å². The first-order valence-corrected chi connectivity index (χ1v) is 9.27. The third-order valence-electron chi connectivity index (χ3n) is 5.11. The molecule has 0 aliphatic carbocycles. The molecule has 2 aliphatic rings. The fourth-order valence-corrected chi connectivity index (χ4v) is 5.01. The lowest BCUT2D eigenvalue weighted by Crippen LogP contribution is -2.58. The van der Waals surface area contributed by atoms with E-state index in [0.717, 1.165) is 17.7 Å². The van der Waals surface area contributed by atoms with Crippen LogP contribution >= 0.6 is 11.8 Å². The van der Waals surface area contributed by atoms with Gasteiger partial charge < -0.3 is 5.32 Å². The normalized spacial score (nSPS) is 31.1. The number of fused-ring (bicyclic) bond motifs is 1. The van der Waals surface area contributed by atoms with Gasteiger partial charge in [-0.3, -0.25) is 4.90 Å². The molecule has 0 saturated carbocycles. The van der Waals surface area contributed by atoms with Crippen LogP contribution in [0.25, 0.3) is 0 Å². The Morgan fingerprint density at radius 3 is 2.95 bits per heavy atom. The number of rotatable bonds is 4. The van der Waals surface area contributed by atoms with E-state index < -0.39 is 0 Å². The molecule has 1 N–H and O–H groups in total. The molecule has 116 valence electrons. The molecular weight excluding hydrogens is 276 g/mol. The molecule has 0 spiro atoms. The van der Waals surface area contributed by atoms with E-state index in [1.165, 1.54) is 30.8 Å². The number of nitrogens with one attached hydrogen (secondary N) is 1.